The highest BCUT2D eigenvalue weighted by Crippen LogP contribution is 2.33. The van der Waals surface area contributed by atoms with Crippen LogP contribution in [0.25, 0.3) is 0 Å². The van der Waals surface area contributed by atoms with Crippen LogP contribution in [0.2, 0.25) is 5.15 Å². The third-order valence-corrected chi connectivity index (χ3v) is 3.49. The summed E-state index contributed by atoms with van der Waals surface area (Å²) in [6.07, 6.45) is -3.32. The summed E-state index contributed by atoms with van der Waals surface area (Å²) < 4.78 is 38.7. The second-order valence-electron chi connectivity index (χ2n) is 4.75. The second-order valence-corrected chi connectivity index (χ2v) is 5.14. The number of alkyl halides is 3. The molecule has 124 valence electrons. The van der Waals surface area contributed by atoms with Gasteiger partial charge in [-0.1, -0.05) is 23.7 Å². The van der Waals surface area contributed by atoms with Crippen molar-refractivity contribution in [3.05, 3.63) is 52.3 Å². The van der Waals surface area contributed by atoms with Crippen LogP contribution in [0.15, 0.2) is 30.5 Å². The molecule has 0 unspecified atom stereocenters. The van der Waals surface area contributed by atoms with Crippen molar-refractivity contribution in [1.29, 1.82) is 0 Å². The van der Waals surface area contributed by atoms with Gasteiger partial charge in [0.2, 0.25) is 0 Å². The number of pyridine rings is 1. The molecule has 1 aromatic carbocycles. The van der Waals surface area contributed by atoms with Gasteiger partial charge in [0, 0.05) is 12.6 Å². The molecule has 0 spiro atoms. The number of benzene rings is 1. The molecule has 9 heteroatoms. The highest BCUT2D eigenvalue weighted by Gasteiger charge is 2.32. The van der Waals surface area contributed by atoms with Crippen LogP contribution in [0.5, 0.6) is 0 Å². The number of hydrogen-bond acceptors (Lipinski definition) is 5. The molecule has 0 saturated carbocycles. The van der Waals surface area contributed by atoms with Crippen LogP contribution in [0.4, 0.5) is 24.5 Å². The van der Waals surface area contributed by atoms with Gasteiger partial charge in [0.15, 0.2) is 0 Å². The molecule has 3 N–H and O–H groups in total. The predicted octanol–water partition coefficient (Wildman–Crippen LogP) is 4.26. The smallest absolute Gasteiger partial charge is 0.379 e. The van der Waals surface area contributed by atoms with Crippen LogP contribution in [-0.4, -0.2) is 15.4 Å². The minimum Gasteiger partial charge on any atom is -0.379 e. The summed E-state index contributed by atoms with van der Waals surface area (Å²) in [5.74, 6) is 0. The zero-order chi connectivity index (χ0) is 17.2. The van der Waals surface area contributed by atoms with Gasteiger partial charge in [0.25, 0.3) is 0 Å². The molecule has 0 radical (unpaired) electrons. The van der Waals surface area contributed by atoms with Gasteiger partial charge in [-0.2, -0.15) is 13.2 Å². The lowest BCUT2D eigenvalue weighted by Crippen LogP contribution is -2.15. The molecule has 0 aliphatic rings. The highest BCUT2D eigenvalue weighted by atomic mass is 35.5. The van der Waals surface area contributed by atoms with Crippen LogP contribution in [0.1, 0.15) is 16.7 Å². The first-order valence-corrected chi connectivity index (χ1v) is 6.81. The second kappa shape index (κ2) is 6.61. The van der Waals surface area contributed by atoms with Gasteiger partial charge in [-0.25, -0.2) is 4.98 Å². The van der Waals surface area contributed by atoms with Crippen LogP contribution >= 0.6 is 11.6 Å². The number of aromatic nitrogens is 1. The molecular formula is C14H13ClF3N3O2. The van der Waals surface area contributed by atoms with Gasteiger partial charge in [-0.15, -0.1) is 5.23 Å². The van der Waals surface area contributed by atoms with E-state index in [0.717, 1.165) is 12.3 Å². The third kappa shape index (κ3) is 4.04. The average Bonchev–Trinajstić information content (AvgIpc) is 2.44. The number of rotatable bonds is 4. The Labute approximate surface area is 134 Å². The molecule has 0 aliphatic heterocycles. The monoisotopic (exact) mass is 347 g/mol. The largest absolute Gasteiger partial charge is 0.416 e. The van der Waals surface area contributed by atoms with Gasteiger partial charge in [-0.05, 0) is 24.1 Å². The Morgan fingerprint density at radius 1 is 1.30 bits per heavy atom. The molecule has 2 aromatic rings. The Morgan fingerprint density at radius 3 is 2.61 bits per heavy atom. The van der Waals surface area contributed by atoms with Crippen molar-refractivity contribution >= 4 is 23.0 Å². The van der Waals surface area contributed by atoms with Crippen LogP contribution < -0.4 is 10.5 Å². The summed E-state index contributed by atoms with van der Waals surface area (Å²) in [6.45, 7) is 1.42. The quantitative estimate of drug-likeness (QED) is 0.569. The standard InChI is InChI=1S/C14H13ClF3N3O2/c1-8-9(3-2-4-10(8)14(16,17)18)6-19-11-5-13(15)20-7-12(11)21(22)23/h2-5,7,22-23H,6H2,1H3,(H,19,20). The molecule has 0 bridgehead atoms. The van der Waals surface area contributed by atoms with Crippen LogP contribution in [0.3, 0.4) is 0 Å². The molecule has 23 heavy (non-hydrogen) atoms. The summed E-state index contributed by atoms with van der Waals surface area (Å²) in [5, 5.41) is 21.0. The first-order chi connectivity index (χ1) is 10.7. The summed E-state index contributed by atoms with van der Waals surface area (Å²) >= 11 is 5.74. The predicted molar refractivity (Wildman–Crippen MR) is 78.8 cm³/mol. The molecule has 0 aliphatic carbocycles. The van der Waals surface area contributed by atoms with E-state index >= 15 is 0 Å². The van der Waals surface area contributed by atoms with E-state index in [-0.39, 0.29) is 33.9 Å². The van der Waals surface area contributed by atoms with E-state index < -0.39 is 11.7 Å². The number of nitrogens with zero attached hydrogens (tertiary/aromatic N) is 2. The van der Waals surface area contributed by atoms with Crippen molar-refractivity contribution in [3.63, 3.8) is 0 Å². The molecule has 1 aromatic heterocycles. The van der Waals surface area contributed by atoms with E-state index in [9.17, 15) is 13.2 Å². The Bertz CT molecular complexity index is 708. The molecular weight excluding hydrogens is 335 g/mol. The first kappa shape index (κ1) is 17.3. The molecule has 0 saturated heterocycles. The van der Waals surface area contributed by atoms with Crippen molar-refractivity contribution in [2.24, 2.45) is 0 Å². The fourth-order valence-electron chi connectivity index (χ4n) is 2.10. The number of hydrogen-bond donors (Lipinski definition) is 3. The Morgan fingerprint density at radius 2 is 2.00 bits per heavy atom. The zero-order valence-corrected chi connectivity index (χ0v) is 12.7. The normalized spacial score (nSPS) is 11.4. The fourth-order valence-corrected chi connectivity index (χ4v) is 2.25. The molecule has 0 fully saturated rings. The molecule has 0 amide bonds. The first-order valence-electron chi connectivity index (χ1n) is 6.43. The van der Waals surface area contributed by atoms with Crippen molar-refractivity contribution in [2.75, 3.05) is 10.5 Å². The van der Waals surface area contributed by atoms with Gasteiger partial charge < -0.3 is 5.32 Å². The van der Waals surface area contributed by atoms with E-state index in [2.05, 4.69) is 10.3 Å². The molecule has 0 atom stereocenters. The van der Waals surface area contributed by atoms with E-state index in [0.29, 0.717) is 5.56 Å². The maximum atomic E-state index is 12.9. The zero-order valence-electron chi connectivity index (χ0n) is 11.9. The lowest BCUT2D eigenvalue weighted by Gasteiger charge is -2.17. The number of halogens is 4. The SMILES string of the molecule is Cc1c(CNc2cc(Cl)ncc2N(O)O)cccc1C(F)(F)F. The van der Waals surface area contributed by atoms with E-state index in [1.54, 1.807) is 6.07 Å². The lowest BCUT2D eigenvalue weighted by atomic mass is 10.0. The Balaban J connectivity index is 2.27. The van der Waals surface area contributed by atoms with Crippen LogP contribution in [-0.2, 0) is 12.7 Å². The maximum Gasteiger partial charge on any atom is 0.416 e. The van der Waals surface area contributed by atoms with Gasteiger partial charge in [0.05, 0.1) is 17.4 Å². The van der Waals surface area contributed by atoms with E-state index in [1.807, 2.05) is 0 Å². The summed E-state index contributed by atoms with van der Waals surface area (Å²) in [4.78, 5) is 3.69. The van der Waals surface area contributed by atoms with Crippen molar-refractivity contribution in [1.82, 2.24) is 4.98 Å². The summed E-state index contributed by atoms with van der Waals surface area (Å²) in [7, 11) is 0. The van der Waals surface area contributed by atoms with Crippen molar-refractivity contribution < 1.29 is 23.6 Å². The van der Waals surface area contributed by atoms with Gasteiger partial charge >= 0.3 is 6.18 Å². The molecule has 2 rings (SSSR count). The van der Waals surface area contributed by atoms with Crippen LogP contribution in [0, 0.1) is 6.92 Å². The highest BCUT2D eigenvalue weighted by molar-refractivity contribution is 6.29. The maximum absolute atomic E-state index is 12.9. The number of nitrogens with one attached hydrogen (secondary N) is 1. The van der Waals surface area contributed by atoms with Crippen molar-refractivity contribution in [2.45, 2.75) is 19.6 Å². The average molecular weight is 348 g/mol. The molecule has 5 nitrogen and oxygen atoms in total. The summed E-state index contributed by atoms with van der Waals surface area (Å²) in [6, 6.07) is 5.21. The Hall–Kier alpha value is -2.03. The number of anilines is 2. The van der Waals surface area contributed by atoms with Gasteiger partial charge in [-0.3, -0.25) is 10.4 Å². The van der Waals surface area contributed by atoms with E-state index in [1.165, 1.54) is 19.1 Å². The lowest BCUT2D eigenvalue weighted by molar-refractivity contribution is -0.138. The Kier molecular flexibility index (Phi) is 4.98. The topological polar surface area (TPSA) is 68.6 Å². The summed E-state index contributed by atoms with van der Waals surface area (Å²) in [5.41, 5.74) is -0.0678. The fraction of sp³-hybridized carbons (Fsp3) is 0.214. The minimum absolute atomic E-state index is 0.0386. The van der Waals surface area contributed by atoms with Gasteiger partial charge in [0.1, 0.15) is 10.8 Å². The minimum atomic E-state index is -4.43. The molecule has 1 heterocycles. The third-order valence-electron chi connectivity index (χ3n) is 3.29. The van der Waals surface area contributed by atoms with Crippen molar-refractivity contribution in [3.8, 4) is 0 Å². The van der Waals surface area contributed by atoms with E-state index in [4.69, 9.17) is 22.0 Å².